The molecule has 3 rings (SSSR count). The van der Waals surface area contributed by atoms with Crippen molar-refractivity contribution in [1.29, 1.82) is 0 Å². The zero-order chi connectivity index (χ0) is 13.9. The summed E-state index contributed by atoms with van der Waals surface area (Å²) in [6, 6.07) is 7.83. The van der Waals surface area contributed by atoms with Gasteiger partial charge in [0.15, 0.2) is 0 Å². The van der Waals surface area contributed by atoms with Crippen molar-refractivity contribution in [2.75, 3.05) is 6.61 Å². The van der Waals surface area contributed by atoms with Crippen LogP contribution in [0.5, 0.6) is 5.88 Å². The van der Waals surface area contributed by atoms with Crippen molar-refractivity contribution in [2.24, 2.45) is 4.99 Å². The summed E-state index contributed by atoms with van der Waals surface area (Å²) in [6.07, 6.45) is 4.45. The highest BCUT2D eigenvalue weighted by molar-refractivity contribution is 6.21. The number of nitrogens with zero attached hydrogens (tertiary/aromatic N) is 1. The lowest BCUT2D eigenvalue weighted by Crippen LogP contribution is -2.03. The summed E-state index contributed by atoms with van der Waals surface area (Å²) >= 11 is 0. The van der Waals surface area contributed by atoms with Crippen molar-refractivity contribution in [3.05, 3.63) is 45.7 Å². The molecule has 2 aromatic rings. The number of aliphatic imine (C=N–C) groups is 1. The highest BCUT2D eigenvalue weighted by Gasteiger charge is 2.15. The van der Waals surface area contributed by atoms with Gasteiger partial charge in [0, 0.05) is 17.4 Å². The first-order valence-electron chi connectivity index (χ1n) is 6.58. The summed E-state index contributed by atoms with van der Waals surface area (Å²) in [6.45, 7) is 2.58. The van der Waals surface area contributed by atoms with Crippen LogP contribution < -0.4 is 10.3 Å². The second kappa shape index (κ2) is 5.21. The quantitative estimate of drug-likeness (QED) is 0.896. The standard InChI is InChI=1S/C15H15N3O2/c1-2-7-20-15-12(14(19)17-18-15)8-10-9-16-13-6-4-3-5-11(10)13/h3-6,8-9H,2,7H2,1H3,(H2,17,18,19)/b10-8-. The van der Waals surface area contributed by atoms with Crippen LogP contribution in [0.2, 0.25) is 0 Å². The Bertz CT molecular complexity index is 738. The summed E-state index contributed by atoms with van der Waals surface area (Å²) in [5.74, 6) is 0.474. The van der Waals surface area contributed by atoms with Gasteiger partial charge in [0.1, 0.15) is 5.56 Å². The average molecular weight is 269 g/mol. The Labute approximate surface area is 116 Å². The maximum atomic E-state index is 11.8. The monoisotopic (exact) mass is 269 g/mol. The average Bonchev–Trinajstić information content (AvgIpc) is 3.03. The first-order chi connectivity index (χ1) is 9.79. The molecule has 0 unspecified atom stereocenters. The Balaban J connectivity index is 2.00. The van der Waals surface area contributed by atoms with Crippen LogP contribution in [0.1, 0.15) is 24.5 Å². The number of H-pyrrole nitrogens is 2. The van der Waals surface area contributed by atoms with E-state index in [0.717, 1.165) is 23.2 Å². The number of aromatic amines is 2. The van der Waals surface area contributed by atoms with Gasteiger partial charge in [-0.05, 0) is 18.6 Å². The van der Waals surface area contributed by atoms with Gasteiger partial charge in [0.2, 0.25) is 5.88 Å². The van der Waals surface area contributed by atoms with Crippen LogP contribution in [0, 0.1) is 0 Å². The molecule has 0 aliphatic carbocycles. The fourth-order valence-corrected chi connectivity index (χ4v) is 2.11. The Morgan fingerprint density at radius 1 is 1.30 bits per heavy atom. The molecule has 0 radical (unpaired) electrons. The Kier molecular flexibility index (Phi) is 3.25. The van der Waals surface area contributed by atoms with Crippen molar-refractivity contribution in [2.45, 2.75) is 13.3 Å². The number of allylic oxidation sites excluding steroid dienone is 1. The molecule has 0 saturated carbocycles. The van der Waals surface area contributed by atoms with Crippen LogP contribution in [0.3, 0.4) is 0 Å². The molecule has 5 nitrogen and oxygen atoms in total. The lowest BCUT2D eigenvalue weighted by Gasteiger charge is -2.02. The molecule has 0 bridgehead atoms. The van der Waals surface area contributed by atoms with E-state index in [1.54, 1.807) is 12.3 Å². The molecule has 1 aromatic carbocycles. The van der Waals surface area contributed by atoms with E-state index in [4.69, 9.17) is 4.74 Å². The highest BCUT2D eigenvalue weighted by atomic mass is 16.5. The second-order valence-corrected chi connectivity index (χ2v) is 4.55. The molecule has 2 N–H and O–H groups in total. The third-order valence-electron chi connectivity index (χ3n) is 3.09. The van der Waals surface area contributed by atoms with E-state index < -0.39 is 0 Å². The van der Waals surface area contributed by atoms with E-state index in [0.29, 0.717) is 18.1 Å². The molecule has 1 aliphatic heterocycles. The van der Waals surface area contributed by atoms with Gasteiger partial charge >= 0.3 is 0 Å². The number of rotatable bonds is 4. The molecule has 20 heavy (non-hydrogen) atoms. The molecule has 5 heteroatoms. The normalized spacial score (nSPS) is 14.8. The first kappa shape index (κ1) is 12.5. The predicted molar refractivity (Wildman–Crippen MR) is 79.7 cm³/mol. The van der Waals surface area contributed by atoms with Gasteiger partial charge in [0.25, 0.3) is 5.56 Å². The number of hydrogen-bond donors (Lipinski definition) is 2. The van der Waals surface area contributed by atoms with Crippen molar-refractivity contribution in [1.82, 2.24) is 10.2 Å². The van der Waals surface area contributed by atoms with Crippen LogP contribution in [-0.2, 0) is 0 Å². The van der Waals surface area contributed by atoms with Crippen LogP contribution in [0.4, 0.5) is 5.69 Å². The third-order valence-corrected chi connectivity index (χ3v) is 3.09. The van der Waals surface area contributed by atoms with Gasteiger partial charge in [0.05, 0.1) is 12.3 Å². The second-order valence-electron chi connectivity index (χ2n) is 4.55. The van der Waals surface area contributed by atoms with E-state index in [9.17, 15) is 4.79 Å². The van der Waals surface area contributed by atoms with Gasteiger partial charge in [-0.1, -0.05) is 25.1 Å². The molecule has 1 aromatic heterocycles. The Morgan fingerprint density at radius 2 is 2.15 bits per heavy atom. The lowest BCUT2D eigenvalue weighted by atomic mass is 10.1. The number of aromatic nitrogens is 2. The van der Waals surface area contributed by atoms with Crippen LogP contribution in [-0.4, -0.2) is 23.0 Å². The molecule has 0 amide bonds. The molecule has 0 saturated heterocycles. The summed E-state index contributed by atoms with van der Waals surface area (Å²) < 4.78 is 5.53. The largest absolute Gasteiger partial charge is 0.478 e. The maximum absolute atomic E-state index is 11.8. The zero-order valence-electron chi connectivity index (χ0n) is 11.1. The highest BCUT2D eigenvalue weighted by Crippen LogP contribution is 2.32. The first-order valence-corrected chi connectivity index (χ1v) is 6.58. The van der Waals surface area contributed by atoms with Crippen LogP contribution >= 0.6 is 0 Å². The SMILES string of the molecule is CCCOc1[nH][nH]c(=O)c1/C=C1/C=Nc2ccccc21. The number of para-hydroxylation sites is 1. The van der Waals surface area contributed by atoms with E-state index >= 15 is 0 Å². The van der Waals surface area contributed by atoms with Crippen molar-refractivity contribution in [3.63, 3.8) is 0 Å². The number of nitrogens with one attached hydrogen (secondary N) is 2. The summed E-state index contributed by atoms with van der Waals surface area (Å²) in [5.41, 5.74) is 3.15. The minimum absolute atomic E-state index is 0.193. The summed E-state index contributed by atoms with van der Waals surface area (Å²) in [7, 11) is 0. The van der Waals surface area contributed by atoms with Crippen LogP contribution in [0.25, 0.3) is 11.6 Å². The molecule has 102 valence electrons. The molecular weight excluding hydrogens is 254 g/mol. The topological polar surface area (TPSA) is 70.2 Å². The summed E-state index contributed by atoms with van der Waals surface area (Å²) in [4.78, 5) is 16.2. The molecule has 2 heterocycles. The number of ether oxygens (including phenoxy) is 1. The molecule has 0 fully saturated rings. The number of fused-ring (bicyclic) bond motifs is 1. The fourth-order valence-electron chi connectivity index (χ4n) is 2.11. The van der Waals surface area contributed by atoms with Crippen molar-refractivity contribution >= 4 is 23.6 Å². The third kappa shape index (κ3) is 2.18. The number of benzene rings is 1. The maximum Gasteiger partial charge on any atom is 0.275 e. The predicted octanol–water partition coefficient (Wildman–Crippen LogP) is 2.75. The molecule has 0 atom stereocenters. The lowest BCUT2D eigenvalue weighted by molar-refractivity contribution is 0.304. The van der Waals surface area contributed by atoms with E-state index in [1.165, 1.54) is 0 Å². The van der Waals surface area contributed by atoms with E-state index in [2.05, 4.69) is 15.2 Å². The molecular formula is C15H15N3O2. The van der Waals surface area contributed by atoms with Gasteiger partial charge in [-0.15, -0.1) is 0 Å². The number of hydrogen-bond acceptors (Lipinski definition) is 3. The van der Waals surface area contributed by atoms with Crippen molar-refractivity contribution < 1.29 is 4.74 Å². The molecule has 1 aliphatic rings. The fraction of sp³-hybridized carbons (Fsp3) is 0.200. The Hall–Kier alpha value is -2.56. The van der Waals surface area contributed by atoms with E-state index in [-0.39, 0.29) is 5.56 Å². The van der Waals surface area contributed by atoms with Gasteiger partial charge < -0.3 is 4.74 Å². The summed E-state index contributed by atoms with van der Waals surface area (Å²) in [5, 5.41) is 5.31. The van der Waals surface area contributed by atoms with Gasteiger partial charge in [-0.2, -0.15) is 0 Å². The molecule has 0 spiro atoms. The van der Waals surface area contributed by atoms with Crippen LogP contribution in [0.15, 0.2) is 34.1 Å². The zero-order valence-corrected chi connectivity index (χ0v) is 11.1. The Morgan fingerprint density at radius 3 is 3.00 bits per heavy atom. The minimum atomic E-state index is -0.193. The van der Waals surface area contributed by atoms with Gasteiger partial charge in [-0.3, -0.25) is 20.0 Å². The minimum Gasteiger partial charge on any atom is -0.478 e. The smallest absolute Gasteiger partial charge is 0.275 e. The van der Waals surface area contributed by atoms with Gasteiger partial charge in [-0.25, -0.2) is 0 Å². The van der Waals surface area contributed by atoms with Crippen molar-refractivity contribution in [3.8, 4) is 5.88 Å². The van der Waals surface area contributed by atoms with E-state index in [1.807, 2.05) is 31.2 Å².